The summed E-state index contributed by atoms with van der Waals surface area (Å²) in [6, 6.07) is 18.5. The zero-order valence-electron chi connectivity index (χ0n) is 14.5. The minimum atomic E-state index is -0.681. The number of amides is 1. The molecule has 1 amide bonds. The van der Waals surface area contributed by atoms with E-state index >= 15 is 0 Å². The molecule has 0 aliphatic carbocycles. The first-order valence-electron chi connectivity index (χ1n) is 8.21. The first kappa shape index (κ1) is 18.1. The normalized spacial score (nSPS) is 11.8. The van der Waals surface area contributed by atoms with E-state index < -0.39 is 6.10 Å². The fourth-order valence-corrected chi connectivity index (χ4v) is 3.17. The zero-order chi connectivity index (χ0) is 18.7. The smallest absolute Gasteiger partial charge is 0.265 e. The second-order valence-corrected chi connectivity index (χ2v) is 6.77. The number of Topliss-reactive ketones (excluding diaryl/α,β-unsaturated/α-hetero) is 1. The second-order valence-electron chi connectivity index (χ2n) is 5.98. The largest absolute Gasteiger partial charge is 0.480 e. The Labute approximate surface area is 160 Å². The Hall–Kier alpha value is -2.66. The minimum Gasteiger partial charge on any atom is -0.480 e. The predicted molar refractivity (Wildman–Crippen MR) is 107 cm³/mol. The average Bonchev–Trinajstić information content (AvgIpc) is 2.64. The first-order chi connectivity index (χ1) is 12.5. The molecule has 132 valence electrons. The first-order valence-corrected chi connectivity index (χ1v) is 9.01. The van der Waals surface area contributed by atoms with Crippen molar-refractivity contribution in [3.05, 3.63) is 70.7 Å². The summed E-state index contributed by atoms with van der Waals surface area (Å²) < 4.78 is 6.66. The van der Waals surface area contributed by atoms with E-state index in [0.717, 1.165) is 15.2 Å². The molecule has 0 aliphatic heterocycles. The third-order valence-corrected chi connectivity index (χ3v) is 4.88. The number of hydrogen-bond donors (Lipinski definition) is 1. The van der Waals surface area contributed by atoms with Crippen LogP contribution in [0.4, 0.5) is 5.69 Å². The van der Waals surface area contributed by atoms with Gasteiger partial charge in [-0.25, -0.2) is 0 Å². The number of carbonyl (C=O) groups excluding carboxylic acids is 2. The molecule has 3 rings (SSSR count). The second kappa shape index (κ2) is 7.70. The highest BCUT2D eigenvalue weighted by Crippen LogP contribution is 2.33. The third-order valence-electron chi connectivity index (χ3n) is 4.06. The van der Waals surface area contributed by atoms with Gasteiger partial charge in [0.15, 0.2) is 11.9 Å². The summed E-state index contributed by atoms with van der Waals surface area (Å²) in [5.74, 6) is 0.333. The molecule has 0 unspecified atom stereocenters. The van der Waals surface area contributed by atoms with Crippen LogP contribution < -0.4 is 10.1 Å². The number of carbonyl (C=O) groups is 2. The quantitative estimate of drug-likeness (QED) is 0.586. The molecule has 3 aromatic rings. The monoisotopic (exact) mass is 411 g/mol. The number of ether oxygens (including phenoxy) is 1. The molecule has 3 aromatic carbocycles. The molecule has 4 nitrogen and oxygen atoms in total. The van der Waals surface area contributed by atoms with Gasteiger partial charge in [0.1, 0.15) is 5.75 Å². The summed E-state index contributed by atoms with van der Waals surface area (Å²) in [7, 11) is 0. The molecule has 0 aromatic heterocycles. The van der Waals surface area contributed by atoms with Crippen molar-refractivity contribution in [3.63, 3.8) is 0 Å². The Morgan fingerprint density at radius 2 is 1.69 bits per heavy atom. The van der Waals surface area contributed by atoms with Gasteiger partial charge in [-0.1, -0.05) is 30.3 Å². The van der Waals surface area contributed by atoms with Crippen molar-refractivity contribution >= 4 is 44.1 Å². The van der Waals surface area contributed by atoms with Gasteiger partial charge in [0.2, 0.25) is 0 Å². The molecule has 5 heteroatoms. The number of benzene rings is 3. The van der Waals surface area contributed by atoms with Crippen LogP contribution in [0.25, 0.3) is 10.8 Å². The van der Waals surface area contributed by atoms with Gasteiger partial charge < -0.3 is 10.1 Å². The summed E-state index contributed by atoms with van der Waals surface area (Å²) in [4.78, 5) is 23.7. The van der Waals surface area contributed by atoms with E-state index in [2.05, 4.69) is 21.2 Å². The van der Waals surface area contributed by atoms with Crippen LogP contribution in [0.15, 0.2) is 65.1 Å². The van der Waals surface area contributed by atoms with Gasteiger partial charge in [-0.05, 0) is 70.9 Å². The van der Waals surface area contributed by atoms with Crippen molar-refractivity contribution in [2.45, 2.75) is 20.0 Å². The van der Waals surface area contributed by atoms with E-state index in [-0.39, 0.29) is 11.7 Å². The maximum absolute atomic E-state index is 12.4. The average molecular weight is 412 g/mol. The van der Waals surface area contributed by atoms with Crippen molar-refractivity contribution in [1.29, 1.82) is 0 Å². The lowest BCUT2D eigenvalue weighted by Crippen LogP contribution is -2.30. The summed E-state index contributed by atoms with van der Waals surface area (Å²) in [5, 5.41) is 4.91. The lowest BCUT2D eigenvalue weighted by Gasteiger charge is -2.17. The number of fused-ring (bicyclic) bond motifs is 1. The van der Waals surface area contributed by atoms with Crippen LogP contribution in [-0.4, -0.2) is 17.8 Å². The summed E-state index contributed by atoms with van der Waals surface area (Å²) in [6.45, 7) is 3.20. The fraction of sp³-hybridized carbons (Fsp3) is 0.143. The molecule has 26 heavy (non-hydrogen) atoms. The van der Waals surface area contributed by atoms with Crippen LogP contribution in [-0.2, 0) is 4.79 Å². The van der Waals surface area contributed by atoms with Gasteiger partial charge in [-0.15, -0.1) is 0 Å². The van der Waals surface area contributed by atoms with Crippen LogP contribution in [0.5, 0.6) is 5.75 Å². The molecule has 0 bridgehead atoms. The SMILES string of the molecule is CC(=O)c1ccc(NC(=O)[C@H](C)Oc2ccc3ccccc3c2Br)cc1. The van der Waals surface area contributed by atoms with Gasteiger partial charge >= 0.3 is 0 Å². The van der Waals surface area contributed by atoms with Crippen molar-refractivity contribution in [1.82, 2.24) is 0 Å². The Bertz CT molecular complexity index is 967. The molecular weight excluding hydrogens is 394 g/mol. The number of ketones is 1. The van der Waals surface area contributed by atoms with E-state index in [4.69, 9.17) is 4.74 Å². The lowest BCUT2D eigenvalue weighted by atomic mass is 10.1. The van der Waals surface area contributed by atoms with Crippen molar-refractivity contribution in [2.75, 3.05) is 5.32 Å². The van der Waals surface area contributed by atoms with Crippen LogP contribution in [0.2, 0.25) is 0 Å². The molecule has 0 heterocycles. The van der Waals surface area contributed by atoms with Crippen molar-refractivity contribution in [3.8, 4) is 5.75 Å². The van der Waals surface area contributed by atoms with E-state index in [9.17, 15) is 9.59 Å². The van der Waals surface area contributed by atoms with Gasteiger partial charge in [0.25, 0.3) is 5.91 Å². The van der Waals surface area contributed by atoms with Crippen LogP contribution in [0, 0.1) is 0 Å². The number of halogens is 1. The number of hydrogen-bond acceptors (Lipinski definition) is 3. The molecule has 0 spiro atoms. The Morgan fingerprint density at radius 1 is 1.00 bits per heavy atom. The number of anilines is 1. The molecule has 0 fully saturated rings. The van der Waals surface area contributed by atoms with Crippen LogP contribution in [0.1, 0.15) is 24.2 Å². The molecule has 0 saturated heterocycles. The highest BCUT2D eigenvalue weighted by atomic mass is 79.9. The van der Waals surface area contributed by atoms with Gasteiger partial charge in [-0.3, -0.25) is 9.59 Å². The minimum absolute atomic E-state index is 0.0132. The summed E-state index contributed by atoms with van der Waals surface area (Å²) >= 11 is 3.56. The van der Waals surface area contributed by atoms with E-state index in [1.54, 1.807) is 31.2 Å². The maximum Gasteiger partial charge on any atom is 0.265 e. The molecule has 0 saturated carbocycles. The van der Waals surface area contributed by atoms with E-state index in [1.807, 2.05) is 36.4 Å². The van der Waals surface area contributed by atoms with Gasteiger partial charge in [-0.2, -0.15) is 0 Å². The molecule has 0 radical (unpaired) electrons. The highest BCUT2D eigenvalue weighted by molar-refractivity contribution is 9.10. The lowest BCUT2D eigenvalue weighted by molar-refractivity contribution is -0.122. The summed E-state index contributed by atoms with van der Waals surface area (Å²) in [5.41, 5.74) is 1.22. The third kappa shape index (κ3) is 3.94. The zero-order valence-corrected chi connectivity index (χ0v) is 16.0. The molecule has 0 aliphatic rings. The molecule has 1 atom stereocenters. The van der Waals surface area contributed by atoms with E-state index in [1.165, 1.54) is 6.92 Å². The standard InChI is InChI=1S/C21H18BrNO3/c1-13(24)15-7-10-17(11-8-15)23-21(25)14(2)26-19-12-9-16-5-3-4-6-18(16)20(19)22/h3-12,14H,1-2H3,(H,23,25)/t14-/m0/s1. The Balaban J connectivity index is 1.71. The van der Waals surface area contributed by atoms with Crippen molar-refractivity contribution in [2.24, 2.45) is 0 Å². The van der Waals surface area contributed by atoms with Crippen LogP contribution >= 0.6 is 15.9 Å². The Kier molecular flexibility index (Phi) is 5.38. The molecular formula is C21H18BrNO3. The number of rotatable bonds is 5. The topological polar surface area (TPSA) is 55.4 Å². The summed E-state index contributed by atoms with van der Waals surface area (Å²) in [6.07, 6.45) is -0.681. The van der Waals surface area contributed by atoms with Crippen LogP contribution in [0.3, 0.4) is 0 Å². The highest BCUT2D eigenvalue weighted by Gasteiger charge is 2.17. The maximum atomic E-state index is 12.4. The van der Waals surface area contributed by atoms with Gasteiger partial charge in [0.05, 0.1) is 4.47 Å². The van der Waals surface area contributed by atoms with Crippen molar-refractivity contribution < 1.29 is 14.3 Å². The van der Waals surface area contributed by atoms with Gasteiger partial charge in [0, 0.05) is 11.3 Å². The number of nitrogens with one attached hydrogen (secondary N) is 1. The fourth-order valence-electron chi connectivity index (χ4n) is 2.58. The predicted octanol–water partition coefficient (Wildman–Crippen LogP) is 5.21. The molecule has 1 N–H and O–H groups in total. The Morgan fingerprint density at radius 3 is 2.38 bits per heavy atom. The van der Waals surface area contributed by atoms with E-state index in [0.29, 0.717) is 17.0 Å².